The fourth-order valence-electron chi connectivity index (χ4n) is 2.98. The Labute approximate surface area is 164 Å². The van der Waals surface area contributed by atoms with Gasteiger partial charge in [0.2, 0.25) is 5.95 Å². The van der Waals surface area contributed by atoms with Gasteiger partial charge in [0, 0.05) is 43.7 Å². The van der Waals surface area contributed by atoms with Gasteiger partial charge >= 0.3 is 6.18 Å². The molecule has 1 amide bonds. The van der Waals surface area contributed by atoms with E-state index in [1.54, 1.807) is 0 Å². The zero-order valence-electron chi connectivity index (χ0n) is 15.0. The summed E-state index contributed by atoms with van der Waals surface area (Å²) >= 11 is 0. The van der Waals surface area contributed by atoms with E-state index < -0.39 is 72.0 Å². The molecule has 2 heterocycles. The average molecular weight is 437 g/mol. The number of halogens is 7. The zero-order chi connectivity index (χ0) is 22.3. The smallest absolute Gasteiger partial charge is 0.398 e. The Hall–Kier alpha value is -3.12. The van der Waals surface area contributed by atoms with E-state index in [9.17, 15) is 35.5 Å². The highest BCUT2D eigenvalue weighted by molar-refractivity contribution is 5.99. The third kappa shape index (κ3) is 4.24. The maximum absolute atomic E-state index is 14.3. The minimum Gasteiger partial charge on any atom is -0.398 e. The minimum absolute atomic E-state index is 0.356. The van der Waals surface area contributed by atoms with Crippen LogP contribution in [0.5, 0.6) is 0 Å². The van der Waals surface area contributed by atoms with Crippen LogP contribution in [0.15, 0.2) is 24.5 Å². The van der Waals surface area contributed by atoms with E-state index in [1.165, 1.54) is 0 Å². The molecule has 1 atom stereocenters. The van der Waals surface area contributed by atoms with E-state index in [0.717, 1.165) is 4.90 Å². The van der Waals surface area contributed by atoms with Crippen LogP contribution in [0.4, 0.5) is 42.4 Å². The maximum atomic E-state index is 14.3. The van der Waals surface area contributed by atoms with Crippen molar-refractivity contribution in [1.29, 1.82) is 0 Å². The summed E-state index contributed by atoms with van der Waals surface area (Å²) in [4.78, 5) is 20.2. The lowest BCUT2D eigenvalue weighted by Gasteiger charge is -2.28. The number of amides is 1. The Morgan fingerprint density at radius 3 is 2.40 bits per heavy atom. The molecule has 1 aliphatic heterocycles. The third-order valence-corrected chi connectivity index (χ3v) is 4.57. The van der Waals surface area contributed by atoms with Gasteiger partial charge in [-0.25, -0.2) is 27.5 Å². The van der Waals surface area contributed by atoms with Gasteiger partial charge in [-0.3, -0.25) is 4.79 Å². The molecule has 3 N–H and O–H groups in total. The summed E-state index contributed by atoms with van der Waals surface area (Å²) < 4.78 is 92.9. The molecule has 1 fully saturated rings. The Morgan fingerprint density at radius 1 is 1.20 bits per heavy atom. The number of nitrogens with one attached hydrogen (secondary N) is 1. The highest BCUT2D eigenvalue weighted by Gasteiger charge is 2.51. The summed E-state index contributed by atoms with van der Waals surface area (Å²) in [5.74, 6) is -7.42. The molecule has 0 aliphatic carbocycles. The standard InChI is InChI=1S/C17H14F7N5O/c18-10-3-9(12(25)4-11(10)19)14(30)29-2-1-16(20,21)13(29)7-28-15-26-5-8(6-27-15)17(22,23)24/h3-6,13H,1-2,7,25H2,(H,26,27,28). The summed E-state index contributed by atoms with van der Waals surface area (Å²) in [5.41, 5.74) is 3.49. The second-order valence-corrected chi connectivity index (χ2v) is 6.55. The van der Waals surface area contributed by atoms with Gasteiger partial charge in [0.25, 0.3) is 11.8 Å². The lowest BCUT2D eigenvalue weighted by molar-refractivity contribution is -0.138. The quantitative estimate of drug-likeness (QED) is 0.567. The van der Waals surface area contributed by atoms with Crippen molar-refractivity contribution in [2.45, 2.75) is 24.6 Å². The summed E-state index contributed by atoms with van der Waals surface area (Å²) in [6, 6.07) is -0.657. The highest BCUT2D eigenvalue weighted by atomic mass is 19.4. The number of nitrogens with two attached hydrogens (primary N) is 1. The molecule has 1 aromatic carbocycles. The van der Waals surface area contributed by atoms with Crippen LogP contribution >= 0.6 is 0 Å². The first-order chi connectivity index (χ1) is 13.9. The first-order valence-corrected chi connectivity index (χ1v) is 8.46. The molecule has 2 aromatic rings. The van der Waals surface area contributed by atoms with E-state index in [-0.39, 0.29) is 5.95 Å². The Kier molecular flexibility index (Phi) is 5.48. The number of hydrogen-bond donors (Lipinski definition) is 2. The van der Waals surface area contributed by atoms with Crippen LogP contribution in [-0.4, -0.2) is 45.8 Å². The Bertz CT molecular complexity index is 949. The third-order valence-electron chi connectivity index (χ3n) is 4.57. The number of likely N-dealkylation sites (tertiary alicyclic amines) is 1. The monoisotopic (exact) mass is 437 g/mol. The summed E-state index contributed by atoms with van der Waals surface area (Å²) in [6.45, 7) is -1.00. The molecule has 1 unspecified atom stereocenters. The number of carbonyl (C=O) groups excluding carboxylic acids is 1. The van der Waals surface area contributed by atoms with Crippen molar-refractivity contribution in [2.75, 3.05) is 24.1 Å². The average Bonchev–Trinajstić information content (AvgIpc) is 2.96. The normalized spacial score (nSPS) is 18.5. The number of hydrogen-bond acceptors (Lipinski definition) is 5. The maximum Gasteiger partial charge on any atom is 0.419 e. The van der Waals surface area contributed by atoms with Crippen molar-refractivity contribution in [1.82, 2.24) is 14.9 Å². The van der Waals surface area contributed by atoms with E-state index >= 15 is 0 Å². The van der Waals surface area contributed by atoms with Crippen LogP contribution in [0.2, 0.25) is 0 Å². The van der Waals surface area contributed by atoms with Gasteiger partial charge in [0.05, 0.1) is 11.1 Å². The number of carbonyl (C=O) groups is 1. The van der Waals surface area contributed by atoms with Crippen molar-refractivity contribution in [3.63, 3.8) is 0 Å². The summed E-state index contributed by atoms with van der Waals surface area (Å²) in [7, 11) is 0. The largest absolute Gasteiger partial charge is 0.419 e. The Morgan fingerprint density at radius 2 is 1.80 bits per heavy atom. The van der Waals surface area contributed by atoms with Crippen molar-refractivity contribution in [3.05, 3.63) is 47.3 Å². The predicted molar refractivity (Wildman–Crippen MR) is 90.7 cm³/mol. The first-order valence-electron chi connectivity index (χ1n) is 8.46. The van der Waals surface area contributed by atoms with Gasteiger partial charge < -0.3 is 16.0 Å². The number of nitrogens with zero attached hydrogens (tertiary/aromatic N) is 3. The number of benzene rings is 1. The molecule has 1 aromatic heterocycles. The molecular weight excluding hydrogens is 423 g/mol. The van der Waals surface area contributed by atoms with E-state index in [0.29, 0.717) is 24.5 Å². The molecule has 3 rings (SSSR count). The van der Waals surface area contributed by atoms with Crippen LogP contribution in [0.1, 0.15) is 22.3 Å². The number of aromatic nitrogens is 2. The van der Waals surface area contributed by atoms with Crippen LogP contribution in [0, 0.1) is 11.6 Å². The van der Waals surface area contributed by atoms with E-state index in [2.05, 4.69) is 15.3 Å². The second kappa shape index (κ2) is 7.61. The van der Waals surface area contributed by atoms with Gasteiger partial charge in [0.15, 0.2) is 11.6 Å². The van der Waals surface area contributed by atoms with Crippen LogP contribution in [-0.2, 0) is 6.18 Å². The molecule has 0 spiro atoms. The van der Waals surface area contributed by atoms with Crippen LogP contribution < -0.4 is 11.1 Å². The first kappa shape index (κ1) is 21.6. The number of rotatable bonds is 4. The molecule has 162 valence electrons. The Balaban J connectivity index is 1.78. The summed E-state index contributed by atoms with van der Waals surface area (Å²) in [5, 5.41) is 2.36. The van der Waals surface area contributed by atoms with Crippen molar-refractivity contribution in [3.8, 4) is 0 Å². The second-order valence-electron chi connectivity index (χ2n) is 6.55. The van der Waals surface area contributed by atoms with Crippen molar-refractivity contribution >= 4 is 17.5 Å². The van der Waals surface area contributed by atoms with Crippen LogP contribution in [0.25, 0.3) is 0 Å². The summed E-state index contributed by atoms with van der Waals surface area (Å²) in [6.07, 6.45) is -4.41. The molecule has 0 bridgehead atoms. The predicted octanol–water partition coefficient (Wildman–Crippen LogP) is 3.32. The molecule has 1 saturated heterocycles. The lowest BCUT2D eigenvalue weighted by atomic mass is 10.1. The van der Waals surface area contributed by atoms with E-state index in [1.807, 2.05) is 0 Å². The van der Waals surface area contributed by atoms with Gasteiger partial charge in [-0.15, -0.1) is 0 Å². The number of anilines is 2. The molecule has 1 aliphatic rings. The molecule has 0 radical (unpaired) electrons. The molecular formula is C17H14F7N5O. The molecule has 6 nitrogen and oxygen atoms in total. The topological polar surface area (TPSA) is 84.1 Å². The van der Waals surface area contributed by atoms with Gasteiger partial charge in [0.1, 0.15) is 6.04 Å². The van der Waals surface area contributed by atoms with Crippen molar-refractivity contribution in [2.24, 2.45) is 0 Å². The SMILES string of the molecule is Nc1cc(F)c(F)cc1C(=O)N1CCC(F)(F)C1CNc1ncc(C(F)(F)F)cn1. The van der Waals surface area contributed by atoms with Crippen molar-refractivity contribution < 1.29 is 35.5 Å². The number of nitrogen functional groups attached to an aromatic ring is 1. The van der Waals surface area contributed by atoms with Crippen LogP contribution in [0.3, 0.4) is 0 Å². The number of alkyl halides is 5. The lowest BCUT2D eigenvalue weighted by Crippen LogP contribution is -2.47. The minimum atomic E-state index is -4.66. The molecule has 13 heteroatoms. The fourth-order valence-corrected chi connectivity index (χ4v) is 2.98. The van der Waals surface area contributed by atoms with Gasteiger partial charge in [-0.1, -0.05) is 0 Å². The zero-order valence-corrected chi connectivity index (χ0v) is 15.0. The molecule has 0 saturated carbocycles. The van der Waals surface area contributed by atoms with Gasteiger partial charge in [-0.2, -0.15) is 13.2 Å². The fraction of sp³-hybridized carbons (Fsp3) is 0.353. The van der Waals surface area contributed by atoms with Gasteiger partial charge in [-0.05, 0) is 6.07 Å². The highest BCUT2D eigenvalue weighted by Crippen LogP contribution is 2.36. The van der Waals surface area contributed by atoms with E-state index in [4.69, 9.17) is 5.73 Å². The molecule has 30 heavy (non-hydrogen) atoms.